The van der Waals surface area contributed by atoms with Gasteiger partial charge in [-0.05, 0) is 18.9 Å². The van der Waals surface area contributed by atoms with Gasteiger partial charge >= 0.3 is 0 Å². The van der Waals surface area contributed by atoms with Crippen molar-refractivity contribution in [2.75, 3.05) is 20.6 Å². The number of hydrogen-bond acceptors (Lipinski definition) is 4. The van der Waals surface area contributed by atoms with E-state index in [-0.39, 0.29) is 21.0 Å². The summed E-state index contributed by atoms with van der Waals surface area (Å²) in [4.78, 5) is 17.2. The lowest BCUT2D eigenvalue weighted by Gasteiger charge is -2.25. The van der Waals surface area contributed by atoms with Gasteiger partial charge in [0.15, 0.2) is 0 Å². The first kappa shape index (κ1) is 16.5. The molecule has 6 nitrogen and oxygen atoms in total. The van der Waals surface area contributed by atoms with Crippen LogP contribution in [-0.4, -0.2) is 55.2 Å². The van der Waals surface area contributed by atoms with Crippen molar-refractivity contribution >= 4 is 39.1 Å². The number of carbonyl (C=O) groups excluding carboxylic acids is 1. The molecule has 116 valence electrons. The molecule has 1 aliphatic rings. The van der Waals surface area contributed by atoms with Gasteiger partial charge in [-0.2, -0.15) is 4.31 Å². The van der Waals surface area contributed by atoms with E-state index in [1.165, 1.54) is 15.3 Å². The van der Waals surface area contributed by atoms with Crippen LogP contribution < -0.4 is 0 Å². The Labute approximate surface area is 133 Å². The van der Waals surface area contributed by atoms with Crippen molar-refractivity contribution in [2.24, 2.45) is 0 Å². The fourth-order valence-corrected chi connectivity index (χ4v) is 4.21. The summed E-state index contributed by atoms with van der Waals surface area (Å²) in [5.41, 5.74) is 0. The third-order valence-corrected chi connectivity index (χ3v) is 5.87. The highest BCUT2D eigenvalue weighted by Crippen LogP contribution is 2.29. The molecule has 2 rings (SSSR count). The molecule has 1 unspecified atom stereocenters. The number of carbonyl (C=O) groups is 1. The highest BCUT2D eigenvalue weighted by Gasteiger charge is 2.40. The minimum absolute atomic E-state index is 0.0398. The van der Waals surface area contributed by atoms with E-state index in [2.05, 4.69) is 4.98 Å². The van der Waals surface area contributed by atoms with E-state index in [1.807, 2.05) is 0 Å². The number of sulfonamides is 1. The molecular weight excluding hydrogens is 337 g/mol. The van der Waals surface area contributed by atoms with Crippen molar-refractivity contribution in [1.29, 1.82) is 0 Å². The monoisotopic (exact) mass is 351 g/mol. The van der Waals surface area contributed by atoms with Gasteiger partial charge in [0.05, 0.1) is 5.02 Å². The molecule has 0 N–H and O–H groups in total. The number of halogens is 2. The Bertz CT molecular complexity index is 664. The number of nitrogens with zero attached hydrogens (tertiary/aromatic N) is 3. The Morgan fingerprint density at radius 3 is 2.67 bits per heavy atom. The van der Waals surface area contributed by atoms with Gasteiger partial charge in [-0.1, -0.05) is 23.2 Å². The first-order valence-corrected chi connectivity index (χ1v) is 8.49. The molecule has 0 bridgehead atoms. The summed E-state index contributed by atoms with van der Waals surface area (Å²) in [6.45, 7) is 0.298. The molecule has 1 fully saturated rings. The number of likely N-dealkylation sites (N-methyl/N-ethyl adjacent to an activating group) is 1. The summed E-state index contributed by atoms with van der Waals surface area (Å²) in [5, 5.41) is 0.102. The van der Waals surface area contributed by atoms with Crippen LogP contribution in [0.3, 0.4) is 0 Å². The smallest absolute Gasteiger partial charge is 0.245 e. The van der Waals surface area contributed by atoms with E-state index in [9.17, 15) is 13.2 Å². The fourth-order valence-electron chi connectivity index (χ4n) is 2.25. The summed E-state index contributed by atoms with van der Waals surface area (Å²) < 4.78 is 26.5. The Morgan fingerprint density at radius 2 is 2.10 bits per heavy atom. The van der Waals surface area contributed by atoms with Crippen molar-refractivity contribution in [3.05, 3.63) is 22.4 Å². The summed E-state index contributed by atoms with van der Waals surface area (Å²) in [6, 6.07) is 0.571. The summed E-state index contributed by atoms with van der Waals surface area (Å²) in [5.74, 6) is -0.232. The molecule has 0 aliphatic carbocycles. The zero-order chi connectivity index (χ0) is 15.8. The first-order chi connectivity index (χ1) is 9.75. The Hall–Kier alpha value is -0.890. The topological polar surface area (TPSA) is 70.6 Å². The van der Waals surface area contributed by atoms with E-state index in [4.69, 9.17) is 23.2 Å². The molecule has 1 amide bonds. The van der Waals surface area contributed by atoms with Crippen molar-refractivity contribution in [1.82, 2.24) is 14.2 Å². The molecule has 2 heterocycles. The lowest BCUT2D eigenvalue weighted by atomic mass is 10.2. The van der Waals surface area contributed by atoms with Crippen LogP contribution in [0.4, 0.5) is 0 Å². The van der Waals surface area contributed by atoms with Gasteiger partial charge in [0.1, 0.15) is 16.1 Å². The van der Waals surface area contributed by atoms with Crippen LogP contribution in [0, 0.1) is 0 Å². The molecule has 1 aliphatic heterocycles. The Kier molecular flexibility index (Phi) is 4.77. The Morgan fingerprint density at radius 1 is 1.43 bits per heavy atom. The van der Waals surface area contributed by atoms with Gasteiger partial charge in [0.2, 0.25) is 15.9 Å². The van der Waals surface area contributed by atoms with Crippen molar-refractivity contribution in [3.8, 4) is 0 Å². The molecule has 1 saturated heterocycles. The van der Waals surface area contributed by atoms with Crippen molar-refractivity contribution < 1.29 is 13.2 Å². The second-order valence-electron chi connectivity index (χ2n) is 4.95. The number of aromatic nitrogens is 1. The Balaban J connectivity index is 2.38. The van der Waals surface area contributed by atoms with Gasteiger partial charge in [-0.3, -0.25) is 4.79 Å². The largest absolute Gasteiger partial charge is 0.347 e. The van der Waals surface area contributed by atoms with E-state index < -0.39 is 16.1 Å². The third kappa shape index (κ3) is 3.15. The predicted molar refractivity (Wildman–Crippen MR) is 79.9 cm³/mol. The van der Waals surface area contributed by atoms with Gasteiger partial charge in [0, 0.05) is 26.8 Å². The summed E-state index contributed by atoms with van der Waals surface area (Å²) >= 11 is 11.5. The standard InChI is InChI=1S/C12H15Cl2N3O3S/c1-16(2)12(18)10-4-3-5-17(10)21(19,20)8-6-9(13)11(14)15-7-8/h6-7,10H,3-5H2,1-2H3. The summed E-state index contributed by atoms with van der Waals surface area (Å²) in [6.07, 6.45) is 2.29. The van der Waals surface area contributed by atoms with Crippen molar-refractivity contribution in [2.45, 2.75) is 23.8 Å². The van der Waals surface area contributed by atoms with E-state index in [0.29, 0.717) is 19.4 Å². The SMILES string of the molecule is CN(C)C(=O)C1CCCN1S(=O)(=O)c1cnc(Cl)c(Cl)c1. The molecule has 1 aromatic heterocycles. The molecule has 0 saturated carbocycles. The minimum atomic E-state index is -3.83. The average Bonchev–Trinajstić information content (AvgIpc) is 2.90. The predicted octanol–water partition coefficient (Wildman–Crippen LogP) is 1.63. The number of rotatable bonds is 3. The average molecular weight is 352 g/mol. The van der Waals surface area contributed by atoms with Crippen LogP contribution in [0.15, 0.2) is 17.2 Å². The second kappa shape index (κ2) is 6.08. The zero-order valence-corrected chi connectivity index (χ0v) is 13.9. The van der Waals surface area contributed by atoms with Gasteiger partial charge in [-0.15, -0.1) is 0 Å². The first-order valence-electron chi connectivity index (χ1n) is 6.29. The molecule has 21 heavy (non-hydrogen) atoms. The molecule has 0 radical (unpaired) electrons. The lowest BCUT2D eigenvalue weighted by molar-refractivity contribution is -0.132. The maximum absolute atomic E-state index is 12.6. The zero-order valence-electron chi connectivity index (χ0n) is 11.6. The van der Waals surface area contributed by atoms with Crippen LogP contribution in [0.2, 0.25) is 10.2 Å². The molecular formula is C12H15Cl2N3O3S. The number of pyridine rings is 1. The molecule has 0 spiro atoms. The minimum Gasteiger partial charge on any atom is -0.347 e. The second-order valence-corrected chi connectivity index (χ2v) is 7.61. The maximum atomic E-state index is 12.6. The van der Waals surface area contributed by atoms with Gasteiger partial charge in [-0.25, -0.2) is 13.4 Å². The normalized spacial score (nSPS) is 19.7. The van der Waals surface area contributed by atoms with Crippen LogP contribution in [0.5, 0.6) is 0 Å². The van der Waals surface area contributed by atoms with E-state index in [1.54, 1.807) is 14.1 Å². The van der Waals surface area contributed by atoms with Crippen LogP contribution >= 0.6 is 23.2 Å². The number of amides is 1. The quantitative estimate of drug-likeness (QED) is 0.776. The van der Waals surface area contributed by atoms with Crippen LogP contribution in [0.25, 0.3) is 0 Å². The lowest BCUT2D eigenvalue weighted by Crippen LogP contribution is -2.45. The maximum Gasteiger partial charge on any atom is 0.245 e. The van der Waals surface area contributed by atoms with Gasteiger partial charge < -0.3 is 4.90 Å². The number of hydrogen-bond donors (Lipinski definition) is 0. The molecule has 1 aromatic rings. The molecule has 1 atom stereocenters. The highest BCUT2D eigenvalue weighted by atomic mass is 35.5. The van der Waals surface area contributed by atoms with E-state index in [0.717, 1.165) is 6.20 Å². The van der Waals surface area contributed by atoms with Crippen LogP contribution in [-0.2, 0) is 14.8 Å². The third-order valence-electron chi connectivity index (χ3n) is 3.31. The molecule has 9 heteroatoms. The fraction of sp³-hybridized carbons (Fsp3) is 0.500. The van der Waals surface area contributed by atoms with Crippen LogP contribution in [0.1, 0.15) is 12.8 Å². The van der Waals surface area contributed by atoms with Gasteiger partial charge in [0.25, 0.3) is 0 Å². The molecule has 0 aromatic carbocycles. The van der Waals surface area contributed by atoms with E-state index >= 15 is 0 Å². The highest BCUT2D eigenvalue weighted by molar-refractivity contribution is 7.89. The summed E-state index contributed by atoms with van der Waals surface area (Å²) in [7, 11) is -0.619. The van der Waals surface area contributed by atoms with Crippen molar-refractivity contribution in [3.63, 3.8) is 0 Å².